The Bertz CT molecular complexity index is 763. The smallest absolute Gasteiger partial charge is 0.159 e. The Morgan fingerprint density at radius 1 is 1.15 bits per heavy atom. The lowest BCUT2D eigenvalue weighted by molar-refractivity contribution is 0.101. The summed E-state index contributed by atoms with van der Waals surface area (Å²) in [5, 5.41) is 0. The van der Waals surface area contributed by atoms with Gasteiger partial charge in [-0.15, -0.1) is 0 Å². The summed E-state index contributed by atoms with van der Waals surface area (Å²) in [7, 11) is 0. The molecule has 0 N–H and O–H groups in total. The molecule has 0 atom stereocenters. The molecule has 2 aromatic rings. The molecule has 1 aliphatic heterocycles. The number of hydrogen-bond donors (Lipinski definition) is 0. The summed E-state index contributed by atoms with van der Waals surface area (Å²) in [4.78, 5) is 14.1. The molecular formula is C23H28BrNO. The van der Waals surface area contributed by atoms with Crippen molar-refractivity contribution in [2.24, 2.45) is 5.92 Å². The number of piperidine rings is 1. The zero-order valence-electron chi connectivity index (χ0n) is 15.8. The lowest BCUT2D eigenvalue weighted by Crippen LogP contribution is -2.35. The van der Waals surface area contributed by atoms with Gasteiger partial charge >= 0.3 is 0 Å². The van der Waals surface area contributed by atoms with Crippen LogP contribution in [0.1, 0.15) is 46.8 Å². The summed E-state index contributed by atoms with van der Waals surface area (Å²) in [6.07, 6.45) is 4.74. The van der Waals surface area contributed by atoms with Gasteiger partial charge in [0.1, 0.15) is 0 Å². The Kier molecular flexibility index (Phi) is 6.66. The third-order valence-electron chi connectivity index (χ3n) is 5.47. The summed E-state index contributed by atoms with van der Waals surface area (Å²) in [5.74, 6) is 0.931. The number of Topliss-reactive ketones (excluding diaryl/α,β-unsaturated/α-hetero) is 1. The van der Waals surface area contributed by atoms with E-state index < -0.39 is 0 Å². The van der Waals surface area contributed by atoms with Gasteiger partial charge in [-0.3, -0.25) is 4.79 Å². The van der Waals surface area contributed by atoms with Crippen LogP contribution in [0.4, 0.5) is 0 Å². The minimum atomic E-state index is 0.148. The number of nitrogens with zero attached hydrogens (tertiary/aromatic N) is 1. The predicted molar refractivity (Wildman–Crippen MR) is 112 cm³/mol. The molecule has 2 nitrogen and oxygen atoms in total. The summed E-state index contributed by atoms with van der Waals surface area (Å²) in [5.41, 5.74) is 4.88. The quantitative estimate of drug-likeness (QED) is 0.586. The predicted octanol–water partition coefficient (Wildman–Crippen LogP) is 5.46. The summed E-state index contributed by atoms with van der Waals surface area (Å²) >= 11 is 3.70. The lowest BCUT2D eigenvalue weighted by atomic mass is 9.89. The molecule has 0 saturated carbocycles. The summed E-state index contributed by atoms with van der Waals surface area (Å²) < 4.78 is 1.25. The van der Waals surface area contributed by atoms with Crippen LogP contribution in [0.5, 0.6) is 0 Å². The van der Waals surface area contributed by atoms with Crippen LogP contribution >= 0.6 is 15.9 Å². The zero-order valence-corrected chi connectivity index (χ0v) is 17.4. The van der Waals surface area contributed by atoms with Gasteiger partial charge in [-0.2, -0.15) is 0 Å². The maximum absolute atomic E-state index is 11.5. The first-order chi connectivity index (χ1) is 12.5. The molecule has 0 spiro atoms. The molecule has 138 valence electrons. The van der Waals surface area contributed by atoms with Crippen LogP contribution in [0.3, 0.4) is 0 Å². The molecule has 3 heteroatoms. The van der Waals surface area contributed by atoms with E-state index in [1.807, 2.05) is 18.2 Å². The monoisotopic (exact) mass is 413 g/mol. The third-order valence-corrected chi connectivity index (χ3v) is 6.24. The van der Waals surface area contributed by atoms with Crippen molar-refractivity contribution in [3.63, 3.8) is 0 Å². The van der Waals surface area contributed by atoms with Gasteiger partial charge in [-0.1, -0.05) is 51.8 Å². The van der Waals surface area contributed by atoms with Crippen molar-refractivity contribution in [2.75, 3.05) is 19.6 Å². The van der Waals surface area contributed by atoms with Crippen LogP contribution in [0.2, 0.25) is 0 Å². The zero-order chi connectivity index (χ0) is 18.5. The number of ketones is 1. The second-order valence-corrected chi connectivity index (χ2v) is 8.44. The van der Waals surface area contributed by atoms with Crippen LogP contribution in [-0.4, -0.2) is 30.3 Å². The molecule has 0 aromatic heterocycles. The maximum Gasteiger partial charge on any atom is 0.159 e. The first-order valence-electron chi connectivity index (χ1n) is 9.58. The summed E-state index contributed by atoms with van der Waals surface area (Å²) in [6, 6.07) is 14.7. The van der Waals surface area contributed by atoms with Gasteiger partial charge in [-0.05, 0) is 81.8 Å². The standard InChI is InChI=1S/C23H28BrNO/c1-17-6-7-23(24)22(14-17)16-20-9-12-25(13-10-20)11-8-19-4-3-5-21(15-19)18(2)26/h3-7,14-15,20H,8-13,16H2,1-2H3. The Morgan fingerprint density at radius 2 is 1.92 bits per heavy atom. The maximum atomic E-state index is 11.5. The SMILES string of the molecule is CC(=O)c1cccc(CCN2CCC(Cc3cc(C)ccc3Br)CC2)c1. The molecule has 2 aromatic carbocycles. The number of aryl methyl sites for hydroxylation is 1. The first kappa shape index (κ1) is 19.3. The van der Waals surface area contributed by atoms with Gasteiger partial charge in [0, 0.05) is 16.6 Å². The molecule has 26 heavy (non-hydrogen) atoms. The first-order valence-corrected chi connectivity index (χ1v) is 10.4. The van der Waals surface area contributed by atoms with Crippen LogP contribution in [0.25, 0.3) is 0 Å². The van der Waals surface area contributed by atoms with Crippen LogP contribution in [-0.2, 0) is 12.8 Å². The molecule has 3 rings (SSSR count). The molecule has 0 aliphatic carbocycles. The molecule has 0 radical (unpaired) electrons. The number of rotatable bonds is 6. The molecule has 0 amide bonds. The lowest BCUT2D eigenvalue weighted by Gasteiger charge is -2.32. The van der Waals surface area contributed by atoms with Crippen LogP contribution in [0.15, 0.2) is 46.9 Å². The van der Waals surface area contributed by atoms with Crippen molar-refractivity contribution in [2.45, 2.75) is 39.5 Å². The third kappa shape index (κ3) is 5.28. The summed E-state index contributed by atoms with van der Waals surface area (Å²) in [6.45, 7) is 7.25. The van der Waals surface area contributed by atoms with E-state index in [9.17, 15) is 4.79 Å². The Hall–Kier alpha value is -1.45. The van der Waals surface area contributed by atoms with Crippen LogP contribution < -0.4 is 0 Å². The average molecular weight is 414 g/mol. The van der Waals surface area contributed by atoms with Gasteiger partial charge in [-0.25, -0.2) is 0 Å². The molecule has 0 bridgehead atoms. The van der Waals surface area contributed by atoms with E-state index in [2.05, 4.69) is 52.0 Å². The second-order valence-electron chi connectivity index (χ2n) is 7.59. The van der Waals surface area contributed by atoms with E-state index in [1.54, 1.807) is 6.92 Å². The average Bonchev–Trinajstić information content (AvgIpc) is 2.64. The normalized spacial score (nSPS) is 16.0. The van der Waals surface area contributed by atoms with E-state index in [1.165, 1.54) is 53.5 Å². The van der Waals surface area contributed by atoms with Crippen molar-refractivity contribution < 1.29 is 4.79 Å². The molecule has 1 heterocycles. The fourth-order valence-electron chi connectivity index (χ4n) is 3.82. The topological polar surface area (TPSA) is 20.3 Å². The highest BCUT2D eigenvalue weighted by molar-refractivity contribution is 9.10. The van der Waals surface area contributed by atoms with E-state index in [-0.39, 0.29) is 5.78 Å². The highest BCUT2D eigenvalue weighted by Gasteiger charge is 2.20. The second kappa shape index (κ2) is 8.96. The molecule has 0 unspecified atom stereocenters. The van der Waals surface area contributed by atoms with Gasteiger partial charge in [0.2, 0.25) is 0 Å². The number of carbonyl (C=O) groups excluding carboxylic acids is 1. The van der Waals surface area contributed by atoms with E-state index >= 15 is 0 Å². The van der Waals surface area contributed by atoms with E-state index in [0.29, 0.717) is 0 Å². The highest BCUT2D eigenvalue weighted by atomic mass is 79.9. The van der Waals surface area contributed by atoms with Gasteiger partial charge in [0.05, 0.1) is 0 Å². The minimum absolute atomic E-state index is 0.148. The fraction of sp³-hybridized carbons (Fsp3) is 0.435. The van der Waals surface area contributed by atoms with Crippen molar-refractivity contribution in [3.05, 3.63) is 69.2 Å². The molecular weight excluding hydrogens is 386 g/mol. The molecule has 1 aliphatic rings. The van der Waals surface area contributed by atoms with E-state index in [0.717, 1.165) is 24.4 Å². The van der Waals surface area contributed by atoms with Crippen molar-refractivity contribution in [1.29, 1.82) is 0 Å². The number of benzene rings is 2. The Labute approximate surface area is 165 Å². The van der Waals surface area contributed by atoms with Gasteiger partial charge < -0.3 is 4.90 Å². The molecule has 1 fully saturated rings. The Balaban J connectivity index is 1.47. The Morgan fingerprint density at radius 3 is 2.65 bits per heavy atom. The van der Waals surface area contributed by atoms with Crippen molar-refractivity contribution in [1.82, 2.24) is 4.90 Å². The number of halogens is 1. The van der Waals surface area contributed by atoms with Crippen LogP contribution in [0, 0.1) is 12.8 Å². The largest absolute Gasteiger partial charge is 0.303 e. The fourth-order valence-corrected chi connectivity index (χ4v) is 4.23. The van der Waals surface area contributed by atoms with Gasteiger partial charge in [0.15, 0.2) is 5.78 Å². The molecule has 1 saturated heterocycles. The number of hydrogen-bond acceptors (Lipinski definition) is 2. The number of carbonyl (C=O) groups is 1. The van der Waals surface area contributed by atoms with E-state index in [4.69, 9.17) is 0 Å². The van der Waals surface area contributed by atoms with Crippen molar-refractivity contribution >= 4 is 21.7 Å². The van der Waals surface area contributed by atoms with Crippen molar-refractivity contribution in [3.8, 4) is 0 Å². The minimum Gasteiger partial charge on any atom is -0.303 e. The number of likely N-dealkylation sites (tertiary alicyclic amines) is 1. The van der Waals surface area contributed by atoms with Gasteiger partial charge in [0.25, 0.3) is 0 Å². The highest BCUT2D eigenvalue weighted by Crippen LogP contribution is 2.26.